The van der Waals surface area contributed by atoms with Crippen molar-refractivity contribution in [2.45, 2.75) is 18.5 Å². The van der Waals surface area contributed by atoms with E-state index in [1.165, 1.54) is 0 Å². The van der Waals surface area contributed by atoms with E-state index in [9.17, 15) is 44.3 Å². The van der Waals surface area contributed by atoms with Crippen molar-refractivity contribution in [1.29, 1.82) is 0 Å². The highest BCUT2D eigenvalue weighted by molar-refractivity contribution is 5.36. The first-order valence-corrected chi connectivity index (χ1v) is 4.23. The summed E-state index contributed by atoms with van der Waals surface area (Å²) in [5.41, 5.74) is -10.4. The Hall–Kier alpha value is -1.68. The predicted octanol–water partition coefficient (Wildman–Crippen LogP) is 3.43. The number of alkyl halides is 9. The molecular formula is C8H2F9NO. The van der Waals surface area contributed by atoms with Gasteiger partial charge in [0.2, 0.25) is 5.56 Å². The first-order chi connectivity index (χ1) is 8.24. The third-order valence-corrected chi connectivity index (χ3v) is 1.92. The van der Waals surface area contributed by atoms with E-state index >= 15 is 0 Å². The minimum atomic E-state index is -5.93. The van der Waals surface area contributed by atoms with Gasteiger partial charge in [-0.05, 0) is 0 Å². The predicted molar refractivity (Wildman–Crippen MR) is 42.1 cm³/mol. The maximum atomic E-state index is 12.4. The first-order valence-electron chi connectivity index (χ1n) is 4.23. The fraction of sp³-hybridized carbons (Fsp3) is 0.375. The zero-order valence-electron chi connectivity index (χ0n) is 8.39. The van der Waals surface area contributed by atoms with Crippen molar-refractivity contribution in [2.24, 2.45) is 0 Å². The van der Waals surface area contributed by atoms with E-state index in [1.54, 1.807) is 0 Å². The molecule has 0 bridgehead atoms. The molecule has 0 amide bonds. The molecule has 11 heteroatoms. The van der Waals surface area contributed by atoms with Crippen LogP contribution in [0.3, 0.4) is 0 Å². The molecule has 0 atom stereocenters. The van der Waals surface area contributed by atoms with Crippen LogP contribution in [-0.2, 0) is 18.5 Å². The van der Waals surface area contributed by atoms with Crippen molar-refractivity contribution in [2.75, 3.05) is 0 Å². The van der Waals surface area contributed by atoms with Crippen LogP contribution in [0, 0.1) is 0 Å². The van der Waals surface area contributed by atoms with Crippen molar-refractivity contribution >= 4 is 0 Å². The van der Waals surface area contributed by atoms with Gasteiger partial charge in [0.1, 0.15) is 5.69 Å². The lowest BCUT2D eigenvalue weighted by Crippen LogP contribution is -2.28. The molecule has 0 spiro atoms. The summed E-state index contributed by atoms with van der Waals surface area (Å²) in [4.78, 5) is 11.4. The second kappa shape index (κ2) is 4.17. The third kappa shape index (κ3) is 3.20. The van der Waals surface area contributed by atoms with Gasteiger partial charge in [-0.3, -0.25) is 4.79 Å². The molecule has 19 heavy (non-hydrogen) atoms. The van der Waals surface area contributed by atoms with Crippen molar-refractivity contribution in [3.63, 3.8) is 0 Å². The second-order valence-corrected chi connectivity index (χ2v) is 3.29. The fourth-order valence-corrected chi connectivity index (χ4v) is 1.29. The molecule has 108 valence electrons. The maximum Gasteiger partial charge on any atom is 0.431 e. The summed E-state index contributed by atoms with van der Waals surface area (Å²) in [6.45, 7) is 0. The number of hydrogen-bond donors (Lipinski definition) is 1. The van der Waals surface area contributed by atoms with E-state index in [0.29, 0.717) is 0 Å². The maximum absolute atomic E-state index is 12.4. The summed E-state index contributed by atoms with van der Waals surface area (Å²) in [5, 5.41) is 0. The largest absolute Gasteiger partial charge is 0.431 e. The first kappa shape index (κ1) is 15.4. The lowest BCUT2D eigenvalue weighted by atomic mass is 10.0. The molecule has 0 saturated carbocycles. The highest BCUT2D eigenvalue weighted by Gasteiger charge is 2.51. The zero-order chi connectivity index (χ0) is 15.2. The number of aromatic amines is 1. The molecule has 1 aromatic rings. The van der Waals surface area contributed by atoms with E-state index in [4.69, 9.17) is 0 Å². The SMILES string of the molecule is O=c1cc(C(F)(F)F)c(C(F)(F)F)c(C(F)(F)F)[nH]1. The Morgan fingerprint density at radius 2 is 1.26 bits per heavy atom. The average molecular weight is 299 g/mol. The van der Waals surface area contributed by atoms with E-state index < -0.39 is 47.0 Å². The zero-order valence-corrected chi connectivity index (χ0v) is 8.39. The van der Waals surface area contributed by atoms with Crippen LogP contribution in [0.5, 0.6) is 0 Å². The van der Waals surface area contributed by atoms with Crippen LogP contribution in [0.1, 0.15) is 16.8 Å². The molecule has 0 aliphatic rings. The smallest absolute Gasteiger partial charge is 0.318 e. The van der Waals surface area contributed by atoms with Crippen LogP contribution in [-0.4, -0.2) is 4.98 Å². The summed E-state index contributed by atoms with van der Waals surface area (Å²) in [6.07, 6.45) is -17.5. The highest BCUT2D eigenvalue weighted by atomic mass is 19.4. The van der Waals surface area contributed by atoms with Gasteiger partial charge in [0.25, 0.3) is 0 Å². The number of halogens is 9. The Bertz CT molecular complexity index is 495. The number of rotatable bonds is 0. The van der Waals surface area contributed by atoms with Crippen molar-refractivity contribution in [3.8, 4) is 0 Å². The summed E-state index contributed by atoms with van der Waals surface area (Å²) >= 11 is 0. The Kier molecular flexibility index (Phi) is 3.37. The van der Waals surface area contributed by atoms with Gasteiger partial charge in [-0.25, -0.2) is 0 Å². The number of H-pyrrole nitrogens is 1. The Morgan fingerprint density at radius 1 is 0.789 bits per heavy atom. The number of nitrogens with one attached hydrogen (secondary N) is 1. The van der Waals surface area contributed by atoms with Gasteiger partial charge in [0, 0.05) is 6.07 Å². The number of pyridine rings is 1. The molecule has 0 unspecified atom stereocenters. The van der Waals surface area contributed by atoms with Crippen molar-refractivity contribution in [1.82, 2.24) is 4.98 Å². The minimum Gasteiger partial charge on any atom is -0.318 e. The summed E-state index contributed by atoms with van der Waals surface area (Å²) in [5.74, 6) is 0. The van der Waals surface area contributed by atoms with Crippen LogP contribution in [0.15, 0.2) is 10.9 Å². The van der Waals surface area contributed by atoms with Crippen LogP contribution in [0.25, 0.3) is 0 Å². The topological polar surface area (TPSA) is 32.9 Å². The van der Waals surface area contributed by atoms with Crippen molar-refractivity contribution in [3.05, 3.63) is 33.2 Å². The van der Waals surface area contributed by atoms with Gasteiger partial charge >= 0.3 is 18.5 Å². The molecule has 2 nitrogen and oxygen atoms in total. The minimum absolute atomic E-state index is 0.571. The quantitative estimate of drug-likeness (QED) is 0.731. The summed E-state index contributed by atoms with van der Waals surface area (Å²) in [6, 6.07) is -0.571. The highest BCUT2D eigenvalue weighted by Crippen LogP contribution is 2.44. The summed E-state index contributed by atoms with van der Waals surface area (Å²) < 4.78 is 111. The normalized spacial score (nSPS) is 13.7. The molecular weight excluding hydrogens is 297 g/mol. The standard InChI is InChI=1S/C8H2F9NO/c9-6(10,11)2-1-3(19)18-5(8(15,16)17)4(2)7(12,13)14/h1H,(H,18,19). The van der Waals surface area contributed by atoms with Gasteiger partial charge in [0.15, 0.2) is 0 Å². The van der Waals surface area contributed by atoms with Crippen LogP contribution < -0.4 is 5.56 Å². The van der Waals surface area contributed by atoms with Crippen LogP contribution in [0.4, 0.5) is 39.5 Å². The molecule has 1 N–H and O–H groups in total. The van der Waals surface area contributed by atoms with E-state index in [2.05, 4.69) is 0 Å². The molecule has 0 aliphatic heterocycles. The van der Waals surface area contributed by atoms with E-state index in [0.717, 1.165) is 4.98 Å². The van der Waals surface area contributed by atoms with E-state index in [1.807, 2.05) is 0 Å². The Labute approximate surface area is 97.4 Å². The average Bonchev–Trinajstić information content (AvgIpc) is 2.11. The summed E-state index contributed by atoms with van der Waals surface area (Å²) in [7, 11) is 0. The molecule has 0 aromatic carbocycles. The van der Waals surface area contributed by atoms with Gasteiger partial charge in [0.05, 0.1) is 11.1 Å². The molecule has 0 aliphatic carbocycles. The number of aromatic nitrogens is 1. The Balaban J connectivity index is 3.86. The van der Waals surface area contributed by atoms with Crippen LogP contribution >= 0.6 is 0 Å². The second-order valence-electron chi connectivity index (χ2n) is 3.29. The molecule has 1 aromatic heterocycles. The lowest BCUT2D eigenvalue weighted by molar-refractivity contribution is -0.176. The van der Waals surface area contributed by atoms with Gasteiger partial charge in [-0.2, -0.15) is 39.5 Å². The number of hydrogen-bond acceptors (Lipinski definition) is 1. The molecule has 1 rings (SSSR count). The third-order valence-electron chi connectivity index (χ3n) is 1.92. The molecule has 1 heterocycles. The lowest BCUT2D eigenvalue weighted by Gasteiger charge is -2.19. The van der Waals surface area contributed by atoms with Gasteiger partial charge < -0.3 is 4.98 Å². The van der Waals surface area contributed by atoms with Crippen LogP contribution in [0.2, 0.25) is 0 Å². The fourth-order valence-electron chi connectivity index (χ4n) is 1.29. The Morgan fingerprint density at radius 3 is 1.58 bits per heavy atom. The molecule has 0 fully saturated rings. The van der Waals surface area contributed by atoms with Gasteiger partial charge in [-0.15, -0.1) is 0 Å². The monoisotopic (exact) mass is 299 g/mol. The molecule has 0 radical (unpaired) electrons. The molecule has 0 saturated heterocycles. The van der Waals surface area contributed by atoms with Gasteiger partial charge in [-0.1, -0.05) is 0 Å². The van der Waals surface area contributed by atoms with E-state index in [-0.39, 0.29) is 0 Å². The van der Waals surface area contributed by atoms with Crippen molar-refractivity contribution < 1.29 is 39.5 Å².